The van der Waals surface area contributed by atoms with Gasteiger partial charge in [0.1, 0.15) is 0 Å². The minimum absolute atomic E-state index is 0.125. The van der Waals surface area contributed by atoms with Crippen LogP contribution >= 0.6 is 0 Å². The first-order valence-corrected chi connectivity index (χ1v) is 5.87. The van der Waals surface area contributed by atoms with Crippen molar-refractivity contribution in [3.8, 4) is 11.4 Å². The van der Waals surface area contributed by atoms with Crippen LogP contribution in [0.1, 0.15) is 39.5 Å². The molecule has 2 aromatic rings. The van der Waals surface area contributed by atoms with Crippen molar-refractivity contribution >= 4 is 0 Å². The highest BCUT2D eigenvalue weighted by Crippen LogP contribution is 2.34. The van der Waals surface area contributed by atoms with E-state index in [1.165, 1.54) is 0 Å². The van der Waals surface area contributed by atoms with Crippen LogP contribution in [0.4, 0.5) is 0 Å². The predicted molar refractivity (Wildman–Crippen MR) is 67.6 cm³/mol. The second kappa shape index (κ2) is 4.32. The van der Waals surface area contributed by atoms with Gasteiger partial charge in [-0.05, 0) is 5.41 Å². The Balaban J connectivity index is 2.28. The fraction of sp³-hybridized carbons (Fsp3) is 0.429. The zero-order valence-corrected chi connectivity index (χ0v) is 10.8. The van der Waals surface area contributed by atoms with Crippen LogP contribution in [0.5, 0.6) is 0 Å². The van der Waals surface area contributed by atoms with Gasteiger partial charge in [-0.3, -0.25) is 0 Å². The van der Waals surface area contributed by atoms with Crippen LogP contribution in [0, 0.1) is 5.41 Å². The Morgan fingerprint density at radius 1 is 1.12 bits per heavy atom. The van der Waals surface area contributed by atoms with Crippen LogP contribution in [0.15, 0.2) is 34.9 Å². The summed E-state index contributed by atoms with van der Waals surface area (Å²) in [6.07, 6.45) is 0. The highest BCUT2D eigenvalue weighted by Gasteiger charge is 2.26. The Labute approximate surface area is 102 Å². The van der Waals surface area contributed by atoms with Gasteiger partial charge in [0.25, 0.3) is 0 Å². The molecule has 0 saturated carbocycles. The van der Waals surface area contributed by atoms with Gasteiger partial charge in [0.05, 0.1) is 0 Å². The van der Waals surface area contributed by atoms with E-state index in [2.05, 4.69) is 37.8 Å². The van der Waals surface area contributed by atoms with Crippen molar-refractivity contribution < 1.29 is 4.52 Å². The first kappa shape index (κ1) is 11.8. The lowest BCUT2D eigenvalue weighted by Crippen LogP contribution is -2.15. The molecule has 0 N–H and O–H groups in total. The molecule has 0 amide bonds. The maximum atomic E-state index is 5.35. The first-order valence-electron chi connectivity index (χ1n) is 5.87. The summed E-state index contributed by atoms with van der Waals surface area (Å²) in [7, 11) is 0. The number of rotatable bonds is 2. The topological polar surface area (TPSA) is 38.9 Å². The molecule has 1 atom stereocenters. The fourth-order valence-corrected chi connectivity index (χ4v) is 1.49. The summed E-state index contributed by atoms with van der Waals surface area (Å²) in [4.78, 5) is 4.47. The van der Waals surface area contributed by atoms with E-state index in [4.69, 9.17) is 4.52 Å². The molecule has 1 heterocycles. The Hall–Kier alpha value is -1.64. The molecule has 0 bridgehead atoms. The summed E-state index contributed by atoms with van der Waals surface area (Å²) in [6.45, 7) is 8.63. The lowest BCUT2D eigenvalue weighted by Gasteiger charge is -2.23. The summed E-state index contributed by atoms with van der Waals surface area (Å²) in [5, 5.41) is 4.03. The molecule has 2 rings (SSSR count). The van der Waals surface area contributed by atoms with Crippen LogP contribution in [0.3, 0.4) is 0 Å². The normalized spacial score (nSPS) is 13.6. The maximum Gasteiger partial charge on any atom is 0.230 e. The average Bonchev–Trinajstić information content (AvgIpc) is 2.77. The zero-order chi connectivity index (χ0) is 12.5. The summed E-state index contributed by atoms with van der Waals surface area (Å²) in [6, 6.07) is 9.88. The van der Waals surface area contributed by atoms with Gasteiger partial charge in [0.2, 0.25) is 11.7 Å². The van der Waals surface area contributed by atoms with Crippen LogP contribution in [0.2, 0.25) is 0 Å². The molecular formula is C14H18N2O. The fourth-order valence-electron chi connectivity index (χ4n) is 1.49. The van der Waals surface area contributed by atoms with Gasteiger partial charge in [-0.2, -0.15) is 4.98 Å². The van der Waals surface area contributed by atoms with E-state index in [0.717, 1.165) is 5.56 Å². The number of hydrogen-bond donors (Lipinski definition) is 0. The quantitative estimate of drug-likeness (QED) is 0.785. The van der Waals surface area contributed by atoms with E-state index in [-0.39, 0.29) is 11.3 Å². The minimum Gasteiger partial charge on any atom is -0.339 e. The van der Waals surface area contributed by atoms with E-state index in [0.29, 0.717) is 11.7 Å². The Morgan fingerprint density at radius 2 is 1.76 bits per heavy atom. The van der Waals surface area contributed by atoms with Crippen LogP contribution in [0.25, 0.3) is 11.4 Å². The van der Waals surface area contributed by atoms with E-state index in [9.17, 15) is 0 Å². The highest BCUT2D eigenvalue weighted by atomic mass is 16.5. The van der Waals surface area contributed by atoms with Gasteiger partial charge in [-0.25, -0.2) is 0 Å². The van der Waals surface area contributed by atoms with Crippen molar-refractivity contribution in [1.29, 1.82) is 0 Å². The van der Waals surface area contributed by atoms with E-state index in [1.807, 2.05) is 30.3 Å². The largest absolute Gasteiger partial charge is 0.339 e. The second-order valence-corrected chi connectivity index (χ2v) is 5.41. The molecule has 3 nitrogen and oxygen atoms in total. The molecule has 1 aromatic carbocycles. The Morgan fingerprint density at radius 3 is 2.35 bits per heavy atom. The average molecular weight is 230 g/mol. The zero-order valence-electron chi connectivity index (χ0n) is 10.8. The summed E-state index contributed by atoms with van der Waals surface area (Å²) in [5.74, 6) is 1.61. The molecule has 3 heteroatoms. The van der Waals surface area contributed by atoms with Crippen molar-refractivity contribution in [2.45, 2.75) is 33.6 Å². The molecular weight excluding hydrogens is 212 g/mol. The molecule has 90 valence electrons. The molecule has 1 unspecified atom stereocenters. The van der Waals surface area contributed by atoms with Gasteiger partial charge < -0.3 is 4.52 Å². The Kier molecular flexibility index (Phi) is 3.01. The van der Waals surface area contributed by atoms with Crippen molar-refractivity contribution in [3.05, 3.63) is 36.2 Å². The highest BCUT2D eigenvalue weighted by molar-refractivity contribution is 5.53. The molecule has 0 aliphatic heterocycles. The lowest BCUT2D eigenvalue weighted by atomic mass is 9.82. The van der Waals surface area contributed by atoms with Crippen LogP contribution < -0.4 is 0 Å². The van der Waals surface area contributed by atoms with Gasteiger partial charge in [-0.1, -0.05) is 63.2 Å². The van der Waals surface area contributed by atoms with Crippen molar-refractivity contribution in [3.63, 3.8) is 0 Å². The van der Waals surface area contributed by atoms with Crippen molar-refractivity contribution in [2.24, 2.45) is 5.41 Å². The van der Waals surface area contributed by atoms with E-state index in [1.54, 1.807) is 0 Å². The minimum atomic E-state index is 0.125. The van der Waals surface area contributed by atoms with Crippen molar-refractivity contribution in [1.82, 2.24) is 10.1 Å². The molecule has 0 aliphatic carbocycles. The number of hydrogen-bond acceptors (Lipinski definition) is 3. The molecule has 17 heavy (non-hydrogen) atoms. The van der Waals surface area contributed by atoms with Gasteiger partial charge >= 0.3 is 0 Å². The van der Waals surface area contributed by atoms with E-state index >= 15 is 0 Å². The predicted octanol–water partition coefficient (Wildman–Crippen LogP) is 3.89. The summed E-state index contributed by atoms with van der Waals surface area (Å²) in [5.41, 5.74) is 1.11. The SMILES string of the molecule is CC(c1nc(-c2ccccc2)no1)C(C)(C)C. The summed E-state index contributed by atoms with van der Waals surface area (Å²) >= 11 is 0. The third kappa shape index (κ3) is 2.54. The second-order valence-electron chi connectivity index (χ2n) is 5.41. The lowest BCUT2D eigenvalue weighted by molar-refractivity contribution is 0.262. The van der Waals surface area contributed by atoms with Crippen LogP contribution in [-0.2, 0) is 0 Å². The van der Waals surface area contributed by atoms with Gasteiger partial charge in [-0.15, -0.1) is 0 Å². The van der Waals surface area contributed by atoms with Crippen LogP contribution in [-0.4, -0.2) is 10.1 Å². The van der Waals surface area contributed by atoms with Crippen molar-refractivity contribution in [2.75, 3.05) is 0 Å². The summed E-state index contributed by atoms with van der Waals surface area (Å²) < 4.78 is 5.35. The monoisotopic (exact) mass is 230 g/mol. The number of aromatic nitrogens is 2. The molecule has 0 spiro atoms. The standard InChI is InChI=1S/C14H18N2O/c1-10(14(2,3)4)13-15-12(16-17-13)11-8-6-5-7-9-11/h5-10H,1-4H3. The third-order valence-electron chi connectivity index (χ3n) is 3.14. The first-order chi connectivity index (χ1) is 7.98. The number of benzene rings is 1. The third-order valence-corrected chi connectivity index (χ3v) is 3.14. The molecule has 0 radical (unpaired) electrons. The van der Waals surface area contributed by atoms with Gasteiger partial charge in [0.15, 0.2) is 0 Å². The molecule has 0 saturated heterocycles. The molecule has 0 fully saturated rings. The van der Waals surface area contributed by atoms with E-state index < -0.39 is 0 Å². The number of nitrogens with zero attached hydrogens (tertiary/aromatic N) is 2. The van der Waals surface area contributed by atoms with Gasteiger partial charge in [0, 0.05) is 11.5 Å². The maximum absolute atomic E-state index is 5.35. The molecule has 0 aliphatic rings. The Bertz CT molecular complexity index is 482. The molecule has 1 aromatic heterocycles. The smallest absolute Gasteiger partial charge is 0.230 e.